The molecule has 1 saturated carbocycles. The maximum Gasteiger partial charge on any atom is 0.107 e. The van der Waals surface area contributed by atoms with Crippen molar-refractivity contribution in [3.8, 4) is 6.07 Å². The molecule has 1 aromatic carbocycles. The highest BCUT2D eigenvalue weighted by Gasteiger charge is 2.39. The van der Waals surface area contributed by atoms with Gasteiger partial charge in [0.1, 0.15) is 5.54 Å². The summed E-state index contributed by atoms with van der Waals surface area (Å²) in [6.07, 6.45) is 4.17. The SMILES string of the molecule is Cc1cc(C)cc(CSCCC2CCCC2(N)C#N)c1. The molecule has 0 radical (unpaired) electrons. The Hall–Kier alpha value is -0.980. The van der Waals surface area contributed by atoms with Gasteiger partial charge in [-0.2, -0.15) is 17.0 Å². The molecule has 20 heavy (non-hydrogen) atoms. The van der Waals surface area contributed by atoms with Crippen molar-refractivity contribution in [3.05, 3.63) is 34.9 Å². The van der Waals surface area contributed by atoms with Gasteiger partial charge in [-0.1, -0.05) is 35.7 Å². The van der Waals surface area contributed by atoms with Gasteiger partial charge in [0.15, 0.2) is 0 Å². The summed E-state index contributed by atoms with van der Waals surface area (Å²) in [7, 11) is 0. The molecule has 1 aliphatic rings. The van der Waals surface area contributed by atoms with E-state index in [1.54, 1.807) is 0 Å². The quantitative estimate of drug-likeness (QED) is 0.835. The number of hydrogen-bond donors (Lipinski definition) is 1. The third kappa shape index (κ3) is 3.77. The summed E-state index contributed by atoms with van der Waals surface area (Å²) in [5, 5.41) is 9.21. The summed E-state index contributed by atoms with van der Waals surface area (Å²) >= 11 is 1.96. The van der Waals surface area contributed by atoms with Crippen molar-refractivity contribution in [2.45, 2.75) is 50.8 Å². The molecule has 0 aromatic heterocycles. The predicted molar refractivity (Wildman–Crippen MR) is 86.6 cm³/mol. The lowest BCUT2D eigenvalue weighted by Crippen LogP contribution is -2.41. The smallest absolute Gasteiger partial charge is 0.107 e. The number of rotatable bonds is 5. The summed E-state index contributed by atoms with van der Waals surface area (Å²) in [4.78, 5) is 0. The van der Waals surface area contributed by atoms with Crippen LogP contribution in [0.2, 0.25) is 0 Å². The van der Waals surface area contributed by atoms with E-state index < -0.39 is 5.54 Å². The maximum absolute atomic E-state index is 9.21. The lowest BCUT2D eigenvalue weighted by atomic mass is 9.88. The van der Waals surface area contributed by atoms with E-state index in [0.29, 0.717) is 5.92 Å². The van der Waals surface area contributed by atoms with Crippen LogP contribution >= 0.6 is 11.8 Å². The first kappa shape index (κ1) is 15.4. The predicted octanol–water partition coefficient (Wildman–Crippen LogP) is 3.95. The normalized spacial score (nSPS) is 25.6. The molecule has 2 unspecified atom stereocenters. The van der Waals surface area contributed by atoms with Gasteiger partial charge < -0.3 is 5.73 Å². The van der Waals surface area contributed by atoms with Crippen molar-refractivity contribution in [3.63, 3.8) is 0 Å². The Bertz CT molecular complexity index is 486. The minimum absolute atomic E-state index is 0.388. The lowest BCUT2D eigenvalue weighted by Gasteiger charge is -2.23. The number of nitrogens with two attached hydrogens (primary N) is 1. The van der Waals surface area contributed by atoms with Gasteiger partial charge >= 0.3 is 0 Å². The maximum atomic E-state index is 9.21. The summed E-state index contributed by atoms with van der Waals surface area (Å²) in [6, 6.07) is 9.07. The molecule has 0 spiro atoms. The van der Waals surface area contributed by atoms with Crippen LogP contribution in [0.15, 0.2) is 18.2 Å². The van der Waals surface area contributed by atoms with Crippen LogP contribution in [0.5, 0.6) is 0 Å². The topological polar surface area (TPSA) is 49.8 Å². The molecule has 2 rings (SSSR count). The van der Waals surface area contributed by atoms with Crippen LogP contribution in [0.3, 0.4) is 0 Å². The average molecular weight is 288 g/mol. The minimum atomic E-state index is -0.555. The first-order valence-electron chi connectivity index (χ1n) is 7.38. The summed E-state index contributed by atoms with van der Waals surface area (Å²) in [5.41, 5.74) is 9.68. The van der Waals surface area contributed by atoms with Crippen molar-refractivity contribution >= 4 is 11.8 Å². The van der Waals surface area contributed by atoms with Gasteiger partial charge in [-0.15, -0.1) is 0 Å². The summed E-state index contributed by atoms with van der Waals surface area (Å²) in [5.74, 6) is 2.54. The van der Waals surface area contributed by atoms with Crippen LogP contribution in [0.1, 0.15) is 42.4 Å². The van der Waals surface area contributed by atoms with Crippen LogP contribution in [-0.2, 0) is 5.75 Å². The molecule has 0 amide bonds. The van der Waals surface area contributed by atoms with E-state index >= 15 is 0 Å². The summed E-state index contributed by atoms with van der Waals surface area (Å²) in [6.45, 7) is 4.30. The second kappa shape index (κ2) is 6.65. The highest BCUT2D eigenvalue weighted by atomic mass is 32.2. The zero-order valence-corrected chi connectivity index (χ0v) is 13.3. The number of nitrogens with zero attached hydrogens (tertiary/aromatic N) is 1. The molecule has 2 N–H and O–H groups in total. The first-order chi connectivity index (χ1) is 9.53. The minimum Gasteiger partial charge on any atom is -0.313 e. The van der Waals surface area contributed by atoms with Crippen LogP contribution in [0, 0.1) is 31.1 Å². The Morgan fingerprint density at radius 2 is 2.05 bits per heavy atom. The van der Waals surface area contributed by atoms with Crippen LogP contribution < -0.4 is 5.73 Å². The van der Waals surface area contributed by atoms with Crippen LogP contribution in [0.25, 0.3) is 0 Å². The van der Waals surface area contributed by atoms with Gasteiger partial charge in [-0.05, 0) is 50.3 Å². The van der Waals surface area contributed by atoms with Crippen LogP contribution in [0.4, 0.5) is 0 Å². The number of thioether (sulfide) groups is 1. The standard InChI is InChI=1S/C17H24N2S/c1-13-8-14(2)10-15(9-13)11-20-7-5-16-4-3-6-17(16,19)12-18/h8-10,16H,3-7,11,19H2,1-2H3. The largest absolute Gasteiger partial charge is 0.313 e. The van der Waals surface area contributed by atoms with Gasteiger partial charge in [0.25, 0.3) is 0 Å². The fourth-order valence-corrected chi connectivity index (χ4v) is 4.22. The number of aryl methyl sites for hydroxylation is 2. The highest BCUT2D eigenvalue weighted by Crippen LogP contribution is 2.36. The van der Waals surface area contributed by atoms with Crippen molar-refractivity contribution in [1.29, 1.82) is 5.26 Å². The van der Waals surface area contributed by atoms with Crippen molar-refractivity contribution < 1.29 is 0 Å². The fraction of sp³-hybridized carbons (Fsp3) is 0.588. The highest BCUT2D eigenvalue weighted by molar-refractivity contribution is 7.98. The average Bonchev–Trinajstić information content (AvgIpc) is 2.76. The second-order valence-electron chi connectivity index (χ2n) is 6.08. The Morgan fingerprint density at radius 1 is 1.35 bits per heavy atom. The molecule has 0 heterocycles. The number of benzene rings is 1. The van der Waals surface area contributed by atoms with Gasteiger partial charge in [0.05, 0.1) is 6.07 Å². The lowest BCUT2D eigenvalue weighted by molar-refractivity contribution is 0.389. The molecule has 3 heteroatoms. The second-order valence-corrected chi connectivity index (χ2v) is 7.18. The molecule has 0 saturated heterocycles. The Labute approximate surface area is 126 Å². The van der Waals surface area contributed by atoms with Crippen LogP contribution in [-0.4, -0.2) is 11.3 Å². The Kier molecular flexibility index (Phi) is 5.12. The Morgan fingerprint density at radius 3 is 2.70 bits per heavy atom. The van der Waals surface area contributed by atoms with Crippen molar-refractivity contribution in [2.24, 2.45) is 11.7 Å². The number of nitriles is 1. The molecular weight excluding hydrogens is 264 g/mol. The van der Waals surface area contributed by atoms with E-state index in [2.05, 4.69) is 38.1 Å². The molecule has 2 nitrogen and oxygen atoms in total. The van der Waals surface area contributed by atoms with E-state index in [4.69, 9.17) is 5.73 Å². The van der Waals surface area contributed by atoms with Gasteiger partial charge in [0, 0.05) is 5.75 Å². The fourth-order valence-electron chi connectivity index (χ4n) is 3.22. The molecule has 0 bridgehead atoms. The van der Waals surface area contributed by atoms with E-state index in [1.165, 1.54) is 16.7 Å². The number of hydrogen-bond acceptors (Lipinski definition) is 3. The zero-order valence-electron chi connectivity index (χ0n) is 12.5. The molecule has 0 aliphatic heterocycles. The third-order valence-electron chi connectivity index (χ3n) is 4.24. The molecule has 2 atom stereocenters. The molecular formula is C17H24N2S. The molecule has 108 valence electrons. The molecule has 1 aliphatic carbocycles. The first-order valence-corrected chi connectivity index (χ1v) is 8.54. The van der Waals surface area contributed by atoms with Crippen molar-refractivity contribution in [2.75, 3.05) is 5.75 Å². The van der Waals surface area contributed by atoms with Crippen molar-refractivity contribution in [1.82, 2.24) is 0 Å². The molecule has 1 fully saturated rings. The van der Waals surface area contributed by atoms with E-state index in [1.807, 2.05) is 11.8 Å². The molecule has 1 aromatic rings. The van der Waals surface area contributed by atoms with E-state index in [0.717, 1.165) is 37.2 Å². The van der Waals surface area contributed by atoms with E-state index in [9.17, 15) is 5.26 Å². The zero-order chi connectivity index (χ0) is 14.6. The Balaban J connectivity index is 1.78. The van der Waals surface area contributed by atoms with Gasteiger partial charge in [-0.25, -0.2) is 0 Å². The monoisotopic (exact) mass is 288 g/mol. The van der Waals surface area contributed by atoms with Gasteiger partial charge in [0.2, 0.25) is 0 Å². The van der Waals surface area contributed by atoms with E-state index in [-0.39, 0.29) is 0 Å². The summed E-state index contributed by atoms with van der Waals surface area (Å²) < 4.78 is 0. The third-order valence-corrected chi connectivity index (χ3v) is 5.30. The van der Waals surface area contributed by atoms with Gasteiger partial charge in [-0.3, -0.25) is 0 Å².